The lowest BCUT2D eigenvalue weighted by molar-refractivity contribution is 0.0472. The van der Waals surface area contributed by atoms with Crippen molar-refractivity contribution in [1.82, 2.24) is 4.31 Å². The maximum absolute atomic E-state index is 13.0. The van der Waals surface area contributed by atoms with Crippen molar-refractivity contribution in [3.8, 4) is 11.5 Å². The number of para-hydroxylation sites is 1. The van der Waals surface area contributed by atoms with E-state index in [-0.39, 0.29) is 23.6 Å². The fraction of sp³-hybridized carbons (Fsp3) is 0.107. The Morgan fingerprint density at radius 2 is 1.37 bits per heavy atom. The third-order valence-electron chi connectivity index (χ3n) is 5.30. The fourth-order valence-corrected chi connectivity index (χ4v) is 4.60. The number of ether oxygens (including phenoxy) is 2. The summed E-state index contributed by atoms with van der Waals surface area (Å²) in [5.74, 6) is 0.803. The number of hydrogen-bond acceptors (Lipinski definition) is 5. The zero-order valence-electron chi connectivity index (χ0n) is 19.2. The molecule has 0 N–H and O–H groups in total. The minimum Gasteiger partial charge on any atom is -0.457 e. The summed E-state index contributed by atoms with van der Waals surface area (Å²) in [6, 6.07) is 31.8. The van der Waals surface area contributed by atoms with E-state index in [4.69, 9.17) is 9.47 Å². The van der Waals surface area contributed by atoms with Crippen LogP contribution in [0.2, 0.25) is 0 Å². The predicted molar refractivity (Wildman–Crippen MR) is 134 cm³/mol. The summed E-state index contributed by atoms with van der Waals surface area (Å²) in [6.07, 6.45) is 0. The summed E-state index contributed by atoms with van der Waals surface area (Å²) in [5, 5.41) is 0. The normalized spacial score (nSPS) is 11.3. The zero-order chi connectivity index (χ0) is 24.7. The SMILES string of the molecule is CN(Cc1ccccc1)S(=O)(=O)c1cccc(C(=O)OCc2ccc(Oc3ccccc3)cc2)c1. The highest BCUT2D eigenvalue weighted by atomic mass is 32.2. The van der Waals surface area contributed by atoms with Crippen molar-refractivity contribution in [3.05, 3.63) is 126 Å². The molecule has 0 aromatic heterocycles. The van der Waals surface area contributed by atoms with E-state index in [2.05, 4.69) is 0 Å². The van der Waals surface area contributed by atoms with Crippen molar-refractivity contribution in [2.45, 2.75) is 18.0 Å². The number of carbonyl (C=O) groups excluding carboxylic acids is 1. The maximum Gasteiger partial charge on any atom is 0.338 e. The summed E-state index contributed by atoms with van der Waals surface area (Å²) >= 11 is 0. The van der Waals surface area contributed by atoms with E-state index >= 15 is 0 Å². The van der Waals surface area contributed by atoms with Gasteiger partial charge in [0.1, 0.15) is 18.1 Å². The molecule has 0 amide bonds. The summed E-state index contributed by atoms with van der Waals surface area (Å²) in [7, 11) is -2.27. The quantitative estimate of drug-likeness (QED) is 0.285. The van der Waals surface area contributed by atoms with E-state index < -0.39 is 16.0 Å². The van der Waals surface area contributed by atoms with Crippen LogP contribution in [0.1, 0.15) is 21.5 Å². The van der Waals surface area contributed by atoms with E-state index in [0.29, 0.717) is 5.75 Å². The van der Waals surface area contributed by atoms with Gasteiger partial charge in [-0.1, -0.05) is 66.7 Å². The van der Waals surface area contributed by atoms with Gasteiger partial charge >= 0.3 is 5.97 Å². The number of nitrogens with zero attached hydrogens (tertiary/aromatic N) is 1. The zero-order valence-corrected chi connectivity index (χ0v) is 20.0. The van der Waals surface area contributed by atoms with Crippen LogP contribution in [-0.4, -0.2) is 25.7 Å². The van der Waals surface area contributed by atoms with Gasteiger partial charge in [0.05, 0.1) is 10.5 Å². The second kappa shape index (κ2) is 11.0. The van der Waals surface area contributed by atoms with E-state index in [9.17, 15) is 13.2 Å². The minimum atomic E-state index is -3.78. The second-order valence-corrected chi connectivity index (χ2v) is 9.95. The van der Waals surface area contributed by atoms with Crippen molar-refractivity contribution in [2.75, 3.05) is 7.05 Å². The van der Waals surface area contributed by atoms with Gasteiger partial charge in [-0.2, -0.15) is 4.31 Å². The number of esters is 1. The lowest BCUT2D eigenvalue weighted by atomic mass is 10.2. The molecule has 0 spiro atoms. The molecule has 178 valence electrons. The van der Waals surface area contributed by atoms with E-state index in [1.165, 1.54) is 35.6 Å². The molecule has 4 aromatic carbocycles. The van der Waals surface area contributed by atoms with Crippen LogP contribution in [0.15, 0.2) is 114 Å². The first-order valence-corrected chi connectivity index (χ1v) is 12.4. The smallest absolute Gasteiger partial charge is 0.338 e. The molecule has 4 rings (SSSR count). The number of rotatable bonds is 9. The Hall–Kier alpha value is -3.94. The first-order chi connectivity index (χ1) is 16.9. The molecule has 0 unspecified atom stereocenters. The molecule has 6 nitrogen and oxygen atoms in total. The Kier molecular flexibility index (Phi) is 7.60. The van der Waals surface area contributed by atoms with Gasteiger partial charge in [0, 0.05) is 13.6 Å². The molecule has 35 heavy (non-hydrogen) atoms. The molecule has 4 aromatic rings. The van der Waals surface area contributed by atoms with Crippen LogP contribution in [-0.2, 0) is 27.9 Å². The molecule has 0 saturated carbocycles. The van der Waals surface area contributed by atoms with Crippen LogP contribution >= 0.6 is 0 Å². The van der Waals surface area contributed by atoms with Crippen LogP contribution in [0.25, 0.3) is 0 Å². The van der Waals surface area contributed by atoms with Crippen molar-refractivity contribution >= 4 is 16.0 Å². The lowest BCUT2D eigenvalue weighted by Gasteiger charge is -2.17. The Labute approximate surface area is 205 Å². The minimum absolute atomic E-state index is 0.0350. The molecule has 0 aliphatic carbocycles. The Morgan fingerprint density at radius 1 is 0.743 bits per heavy atom. The summed E-state index contributed by atoms with van der Waals surface area (Å²) in [5.41, 5.74) is 1.82. The molecule has 0 radical (unpaired) electrons. The topological polar surface area (TPSA) is 72.9 Å². The first-order valence-electron chi connectivity index (χ1n) is 11.0. The van der Waals surface area contributed by atoms with E-state index in [1.807, 2.05) is 72.8 Å². The molecular formula is C28H25NO5S. The molecule has 0 fully saturated rings. The largest absolute Gasteiger partial charge is 0.457 e. The van der Waals surface area contributed by atoms with Gasteiger partial charge in [0.2, 0.25) is 10.0 Å². The van der Waals surface area contributed by atoms with Crippen LogP contribution in [0.5, 0.6) is 11.5 Å². The van der Waals surface area contributed by atoms with Gasteiger partial charge < -0.3 is 9.47 Å². The third-order valence-corrected chi connectivity index (χ3v) is 7.10. The van der Waals surface area contributed by atoms with Gasteiger partial charge in [-0.15, -0.1) is 0 Å². The summed E-state index contributed by atoms with van der Waals surface area (Å²) < 4.78 is 38.5. The van der Waals surface area contributed by atoms with Crippen molar-refractivity contribution in [2.24, 2.45) is 0 Å². The Bertz CT molecular complexity index is 1370. The van der Waals surface area contributed by atoms with E-state index in [1.54, 1.807) is 12.1 Å². The Balaban J connectivity index is 1.38. The Morgan fingerprint density at radius 3 is 2.06 bits per heavy atom. The number of benzene rings is 4. The van der Waals surface area contributed by atoms with Crippen LogP contribution in [0.3, 0.4) is 0 Å². The average Bonchev–Trinajstić information content (AvgIpc) is 2.89. The highest BCUT2D eigenvalue weighted by molar-refractivity contribution is 7.89. The maximum atomic E-state index is 13.0. The molecule has 7 heteroatoms. The van der Waals surface area contributed by atoms with Gasteiger partial charge in [-0.25, -0.2) is 13.2 Å². The summed E-state index contributed by atoms with van der Waals surface area (Å²) in [6.45, 7) is 0.275. The molecule has 0 aliphatic rings. The highest BCUT2D eigenvalue weighted by Gasteiger charge is 2.22. The fourth-order valence-electron chi connectivity index (χ4n) is 3.40. The van der Waals surface area contributed by atoms with Gasteiger partial charge in [-0.05, 0) is 53.6 Å². The molecule has 0 atom stereocenters. The first kappa shape index (κ1) is 24.2. The van der Waals surface area contributed by atoms with Crippen LogP contribution < -0.4 is 4.74 Å². The predicted octanol–water partition coefficient (Wildman–Crippen LogP) is 5.66. The van der Waals surface area contributed by atoms with Gasteiger partial charge in [0.15, 0.2) is 0 Å². The van der Waals surface area contributed by atoms with Gasteiger partial charge in [0.25, 0.3) is 0 Å². The van der Waals surface area contributed by atoms with E-state index in [0.717, 1.165) is 16.9 Å². The summed E-state index contributed by atoms with van der Waals surface area (Å²) in [4.78, 5) is 12.6. The standard InChI is InChI=1S/C28H25NO5S/c1-29(20-22-9-4-2-5-10-22)35(31,32)27-14-8-11-24(19-27)28(30)33-21-23-15-17-26(18-16-23)34-25-12-6-3-7-13-25/h2-19H,20-21H2,1H3. The molecule has 0 heterocycles. The van der Waals surface area contributed by atoms with Crippen LogP contribution in [0.4, 0.5) is 0 Å². The second-order valence-electron chi connectivity index (χ2n) is 7.91. The monoisotopic (exact) mass is 487 g/mol. The molecule has 0 saturated heterocycles. The molecular weight excluding hydrogens is 462 g/mol. The number of hydrogen-bond donors (Lipinski definition) is 0. The molecule has 0 aliphatic heterocycles. The van der Waals surface area contributed by atoms with Crippen molar-refractivity contribution in [3.63, 3.8) is 0 Å². The third kappa shape index (κ3) is 6.35. The van der Waals surface area contributed by atoms with Crippen LogP contribution in [0, 0.1) is 0 Å². The molecule has 0 bridgehead atoms. The highest BCUT2D eigenvalue weighted by Crippen LogP contribution is 2.22. The van der Waals surface area contributed by atoms with Gasteiger partial charge in [-0.3, -0.25) is 0 Å². The average molecular weight is 488 g/mol. The van der Waals surface area contributed by atoms with Crippen molar-refractivity contribution < 1.29 is 22.7 Å². The van der Waals surface area contributed by atoms with Crippen molar-refractivity contribution in [1.29, 1.82) is 0 Å². The number of carbonyl (C=O) groups is 1. The number of sulfonamides is 1. The lowest BCUT2D eigenvalue weighted by Crippen LogP contribution is -2.26.